The fourth-order valence-electron chi connectivity index (χ4n) is 1.09. The minimum Gasteiger partial charge on any atom is -0.300 e. The van der Waals surface area contributed by atoms with Crippen molar-refractivity contribution in [2.24, 2.45) is 0 Å². The van der Waals surface area contributed by atoms with Crippen LogP contribution in [-0.2, 0) is 0 Å². The van der Waals surface area contributed by atoms with Gasteiger partial charge in [0.15, 0.2) is 5.52 Å². The molecule has 11 heteroatoms. The van der Waals surface area contributed by atoms with Gasteiger partial charge in [0.05, 0.1) is 4.68 Å². The van der Waals surface area contributed by atoms with Crippen molar-refractivity contribution in [3.8, 4) is 0 Å². The van der Waals surface area contributed by atoms with Crippen molar-refractivity contribution in [2.75, 3.05) is 0 Å². The Balaban J connectivity index is 0. The Labute approximate surface area is 124 Å². The highest BCUT2D eigenvalue weighted by Gasteiger charge is 2.12. The second-order valence-electron chi connectivity index (χ2n) is 2.48. The van der Waals surface area contributed by atoms with Crippen molar-refractivity contribution in [1.29, 1.82) is 0 Å². The number of fused-ring (bicyclic) bond motifs is 1. The molecule has 94 valence electrons. The van der Waals surface area contributed by atoms with Crippen molar-refractivity contribution >= 4 is 62.1 Å². The van der Waals surface area contributed by atoms with Crippen LogP contribution in [0, 0.1) is 6.57 Å². The van der Waals surface area contributed by atoms with Crippen LogP contribution in [0.15, 0.2) is 14.4 Å². The zero-order valence-corrected chi connectivity index (χ0v) is 13.0. The van der Waals surface area contributed by atoms with E-state index in [0.29, 0.717) is 4.68 Å². The van der Waals surface area contributed by atoms with Crippen LogP contribution in [0.3, 0.4) is 0 Å². The number of imidazole rings is 1. The van der Waals surface area contributed by atoms with Crippen LogP contribution < -0.4 is 16.9 Å². The molecule has 3 N–H and O–H groups in total. The zero-order chi connectivity index (χ0) is 10.3. The smallest absolute Gasteiger partial charge is 0.300 e. The van der Waals surface area contributed by atoms with E-state index in [0.717, 1.165) is 0 Å². The summed E-state index contributed by atoms with van der Waals surface area (Å²) >= 11 is 0. The van der Waals surface area contributed by atoms with Crippen LogP contribution in [-0.4, -0.2) is 19.6 Å². The summed E-state index contributed by atoms with van der Waals surface area (Å²) in [5.74, 6) is 0. The number of aromatic nitrogens is 4. The van der Waals surface area contributed by atoms with Crippen LogP contribution >= 0.6 is 50.9 Å². The number of H-pyrrole nitrogens is 3. The summed E-state index contributed by atoms with van der Waals surface area (Å²) in [5.41, 5.74) is -2.48. The van der Waals surface area contributed by atoms with Crippen molar-refractivity contribution in [3.63, 3.8) is 0 Å². The molecule has 17 heavy (non-hydrogen) atoms. The van der Waals surface area contributed by atoms with Gasteiger partial charge in [-0.1, -0.05) is 0 Å². The standard InChI is InChI=1S/C6H3N5O3.3BrH/c1-7-11-4(12)2-3(10-6(11)14)9-5(13)8-2;;;/h(H,10,14)(H2,8,9,13);3*1H. The third kappa shape index (κ3) is 2.96. The highest BCUT2D eigenvalue weighted by Crippen LogP contribution is 1.91. The summed E-state index contributed by atoms with van der Waals surface area (Å²) in [6.07, 6.45) is 0. The van der Waals surface area contributed by atoms with Crippen molar-refractivity contribution < 1.29 is 0 Å². The molecule has 2 aromatic rings. The average molecular weight is 436 g/mol. The molecule has 0 aliphatic rings. The summed E-state index contributed by atoms with van der Waals surface area (Å²) < 4.78 is 0.298. The van der Waals surface area contributed by atoms with Crippen molar-refractivity contribution in [2.45, 2.75) is 0 Å². The fourth-order valence-corrected chi connectivity index (χ4v) is 1.09. The van der Waals surface area contributed by atoms with E-state index in [4.69, 9.17) is 6.57 Å². The van der Waals surface area contributed by atoms with Gasteiger partial charge in [0.25, 0.3) is 0 Å². The molecule has 0 aliphatic heterocycles. The SMILES string of the molecule is Br.Br.Br.[C-]#[N+]n1c(=O)[nH]c2[nH]c(=O)[nH]c2c1=O. The number of rotatable bonds is 0. The summed E-state index contributed by atoms with van der Waals surface area (Å²) in [5, 5.41) is 0. The Bertz CT molecular complexity index is 717. The van der Waals surface area contributed by atoms with E-state index in [1.54, 1.807) is 0 Å². The predicted molar refractivity (Wildman–Crippen MR) is 76.8 cm³/mol. The maximum atomic E-state index is 11.3. The van der Waals surface area contributed by atoms with E-state index in [-0.39, 0.29) is 62.1 Å². The molecule has 2 rings (SSSR count). The maximum Gasteiger partial charge on any atom is 0.398 e. The topological polar surface area (TPSA) is 108 Å². The number of aromatic amines is 3. The molecule has 0 spiro atoms. The lowest BCUT2D eigenvalue weighted by Crippen LogP contribution is -2.30. The first-order chi connectivity index (χ1) is 6.63. The number of halogens is 3. The van der Waals surface area contributed by atoms with Crippen molar-refractivity contribution in [3.05, 3.63) is 42.8 Å². The minimum atomic E-state index is -0.882. The summed E-state index contributed by atoms with van der Waals surface area (Å²) in [4.78, 5) is 42.4. The minimum absolute atomic E-state index is 0. The number of hydrogen-bond donors (Lipinski definition) is 3. The van der Waals surface area contributed by atoms with Gasteiger partial charge in [-0.05, 0) is 0 Å². The Hall–Kier alpha value is -1.12. The number of hydrogen-bond acceptors (Lipinski definition) is 3. The first-order valence-electron chi connectivity index (χ1n) is 3.48. The molecule has 2 heterocycles. The predicted octanol–water partition coefficient (Wildman–Crippen LogP) is 0.122. The number of nitrogens with one attached hydrogen (secondary N) is 3. The van der Waals surface area contributed by atoms with Gasteiger partial charge in [-0.2, -0.15) is 6.57 Å². The Morgan fingerprint density at radius 3 is 2.12 bits per heavy atom. The van der Waals surface area contributed by atoms with Crippen LogP contribution in [0.25, 0.3) is 16.1 Å². The largest absolute Gasteiger partial charge is 0.398 e. The summed E-state index contributed by atoms with van der Waals surface area (Å²) in [7, 11) is 0. The molecule has 0 aliphatic carbocycles. The third-order valence-corrected chi connectivity index (χ3v) is 1.66. The van der Waals surface area contributed by atoms with Gasteiger partial charge in [-0.15, -0.1) is 55.9 Å². The first-order valence-corrected chi connectivity index (χ1v) is 3.48. The lowest BCUT2D eigenvalue weighted by molar-refractivity contribution is 0.891. The fraction of sp³-hybridized carbons (Fsp3) is 0. The van der Waals surface area contributed by atoms with E-state index in [1.165, 1.54) is 0 Å². The van der Waals surface area contributed by atoms with Crippen LogP contribution in [0.4, 0.5) is 0 Å². The Morgan fingerprint density at radius 1 is 1.00 bits per heavy atom. The van der Waals surface area contributed by atoms with E-state index in [9.17, 15) is 14.4 Å². The Morgan fingerprint density at radius 2 is 1.59 bits per heavy atom. The van der Waals surface area contributed by atoms with E-state index < -0.39 is 16.9 Å². The van der Waals surface area contributed by atoms with Crippen LogP contribution in [0.2, 0.25) is 0 Å². The molecule has 0 unspecified atom stereocenters. The van der Waals surface area contributed by atoms with Gasteiger partial charge >= 0.3 is 16.9 Å². The van der Waals surface area contributed by atoms with Crippen LogP contribution in [0.5, 0.6) is 0 Å². The number of nitrogens with zero attached hydrogens (tertiary/aromatic N) is 2. The molecule has 8 nitrogen and oxygen atoms in total. The van der Waals surface area contributed by atoms with Gasteiger partial charge in [-0.25, -0.2) is 9.59 Å². The lowest BCUT2D eigenvalue weighted by Gasteiger charge is -1.87. The molecule has 0 saturated heterocycles. The molecule has 0 amide bonds. The zero-order valence-electron chi connectivity index (χ0n) is 7.84. The summed E-state index contributed by atoms with van der Waals surface area (Å²) in [6, 6.07) is 0. The second-order valence-corrected chi connectivity index (χ2v) is 2.48. The lowest BCUT2D eigenvalue weighted by atomic mass is 10.5. The highest BCUT2D eigenvalue weighted by molar-refractivity contribution is 8.93. The summed E-state index contributed by atoms with van der Waals surface area (Å²) in [6.45, 7) is 6.57. The normalized spacial score (nSPS) is 8.41. The quantitative estimate of drug-likeness (QED) is 0.511. The molecule has 0 saturated carbocycles. The monoisotopic (exact) mass is 433 g/mol. The average Bonchev–Trinajstić information content (AvgIpc) is 2.47. The van der Waals surface area contributed by atoms with Gasteiger partial charge in [0.2, 0.25) is 0 Å². The third-order valence-electron chi connectivity index (χ3n) is 1.66. The van der Waals surface area contributed by atoms with E-state index in [2.05, 4.69) is 19.9 Å². The van der Waals surface area contributed by atoms with E-state index >= 15 is 0 Å². The van der Waals surface area contributed by atoms with E-state index in [1.807, 2.05) is 0 Å². The first kappa shape index (κ1) is 18.3. The van der Waals surface area contributed by atoms with Gasteiger partial charge in [0.1, 0.15) is 5.65 Å². The second kappa shape index (κ2) is 6.58. The molecule has 2 aromatic heterocycles. The molecule has 0 fully saturated rings. The Kier molecular flexibility index (Phi) is 7.06. The van der Waals surface area contributed by atoms with Gasteiger partial charge < -0.3 is 0 Å². The molecule has 0 aromatic carbocycles. The van der Waals surface area contributed by atoms with Crippen molar-refractivity contribution in [1.82, 2.24) is 19.6 Å². The molecule has 0 radical (unpaired) electrons. The van der Waals surface area contributed by atoms with Crippen LogP contribution in [0.1, 0.15) is 0 Å². The highest BCUT2D eigenvalue weighted by atomic mass is 79.9. The van der Waals surface area contributed by atoms with Gasteiger partial charge in [0, 0.05) is 0 Å². The molecular weight excluding hydrogens is 430 g/mol. The van der Waals surface area contributed by atoms with Gasteiger partial charge in [-0.3, -0.25) is 19.7 Å². The molecular formula is C6H6Br3N5O3. The maximum absolute atomic E-state index is 11.3. The molecule has 0 bridgehead atoms. The molecule has 0 atom stereocenters.